The molecule has 3 nitrogen and oxygen atoms in total. The molecule has 82 valence electrons. The fourth-order valence-corrected chi connectivity index (χ4v) is 1.92. The Morgan fingerprint density at radius 3 is 2.43 bits per heavy atom. The van der Waals surface area contributed by atoms with Gasteiger partial charge >= 0.3 is 5.97 Å². The van der Waals surface area contributed by atoms with Crippen LogP contribution < -0.4 is 0 Å². The van der Waals surface area contributed by atoms with E-state index in [1.807, 2.05) is 6.92 Å². The van der Waals surface area contributed by atoms with Crippen LogP contribution in [0.5, 0.6) is 0 Å². The van der Waals surface area contributed by atoms with Gasteiger partial charge in [-0.2, -0.15) is 11.8 Å². The maximum Gasteiger partial charge on any atom is 0.316 e. The minimum Gasteiger partial charge on any atom is -0.468 e. The molecule has 0 aromatic carbocycles. The molecule has 0 aromatic rings. The molecule has 0 fully saturated rings. The van der Waals surface area contributed by atoms with E-state index in [0.29, 0.717) is 12.2 Å². The summed E-state index contributed by atoms with van der Waals surface area (Å²) >= 11 is 1.58. The third-order valence-corrected chi connectivity index (χ3v) is 3.06. The summed E-state index contributed by atoms with van der Waals surface area (Å²) < 4.78 is 4.56. The number of methoxy groups -OCH3 is 1. The zero-order valence-electron chi connectivity index (χ0n) is 9.04. The second-order valence-electron chi connectivity index (χ2n) is 3.00. The molecule has 0 aliphatic rings. The first kappa shape index (κ1) is 13.5. The third-order valence-electron chi connectivity index (χ3n) is 1.88. The van der Waals surface area contributed by atoms with Gasteiger partial charge in [0, 0.05) is 0 Å². The first-order valence-electron chi connectivity index (χ1n) is 4.85. The molecule has 0 aliphatic heterocycles. The Morgan fingerprint density at radius 2 is 2.00 bits per heavy atom. The molecule has 4 heteroatoms. The van der Waals surface area contributed by atoms with Crippen molar-refractivity contribution in [1.82, 2.24) is 0 Å². The molecule has 0 saturated heterocycles. The second-order valence-corrected chi connectivity index (χ2v) is 4.11. The van der Waals surface area contributed by atoms with Crippen molar-refractivity contribution in [3.05, 3.63) is 0 Å². The Bertz CT molecular complexity index is 192. The molecule has 0 N–H and O–H groups in total. The average molecular weight is 218 g/mol. The zero-order chi connectivity index (χ0) is 11.0. The van der Waals surface area contributed by atoms with Gasteiger partial charge in [-0.05, 0) is 18.6 Å². The molecular weight excluding hydrogens is 200 g/mol. The molecule has 0 aromatic heterocycles. The highest BCUT2D eigenvalue weighted by Gasteiger charge is 2.24. The van der Waals surface area contributed by atoms with Gasteiger partial charge in [0.25, 0.3) is 0 Å². The average Bonchev–Trinajstić information content (AvgIpc) is 2.19. The number of Topliss-reactive ketones (excluding diaryl/α,β-unsaturated/α-hetero) is 1. The number of esters is 1. The summed E-state index contributed by atoms with van der Waals surface area (Å²) in [6.07, 6.45) is 1.57. The fourth-order valence-electron chi connectivity index (χ4n) is 1.09. The quantitative estimate of drug-likeness (QED) is 0.372. The van der Waals surface area contributed by atoms with E-state index in [1.165, 1.54) is 7.11 Å². The van der Waals surface area contributed by atoms with E-state index in [0.717, 1.165) is 12.2 Å². The number of ether oxygens (including phenoxy) is 1. The molecular formula is C10H18O3S. The van der Waals surface area contributed by atoms with Crippen molar-refractivity contribution >= 4 is 23.5 Å². The largest absolute Gasteiger partial charge is 0.468 e. The van der Waals surface area contributed by atoms with Gasteiger partial charge in [-0.3, -0.25) is 9.59 Å². The summed E-state index contributed by atoms with van der Waals surface area (Å²) in [4.78, 5) is 22.7. The molecule has 0 heterocycles. The number of hydrogen-bond acceptors (Lipinski definition) is 4. The van der Waals surface area contributed by atoms with E-state index in [4.69, 9.17) is 0 Å². The Labute approximate surface area is 89.6 Å². The predicted octanol–water partition coefficient (Wildman–Crippen LogP) is 1.90. The monoisotopic (exact) mass is 218 g/mol. The highest BCUT2D eigenvalue weighted by molar-refractivity contribution is 7.99. The van der Waals surface area contributed by atoms with Gasteiger partial charge in [-0.25, -0.2) is 0 Å². The number of hydrogen-bond donors (Lipinski definition) is 0. The fraction of sp³-hybridized carbons (Fsp3) is 0.800. The maximum absolute atomic E-state index is 11.5. The molecule has 0 rings (SSSR count). The SMILES string of the molecule is CCCSCC(=O)C(CC)C(=O)OC. The Hall–Kier alpha value is -0.510. The van der Waals surface area contributed by atoms with Crippen LogP contribution >= 0.6 is 11.8 Å². The van der Waals surface area contributed by atoms with Crippen molar-refractivity contribution in [2.75, 3.05) is 18.6 Å². The number of carbonyl (C=O) groups is 2. The van der Waals surface area contributed by atoms with Gasteiger partial charge in [0.1, 0.15) is 5.92 Å². The van der Waals surface area contributed by atoms with Crippen LogP contribution in [0, 0.1) is 5.92 Å². The van der Waals surface area contributed by atoms with Crippen molar-refractivity contribution in [2.45, 2.75) is 26.7 Å². The van der Waals surface area contributed by atoms with E-state index < -0.39 is 11.9 Å². The van der Waals surface area contributed by atoms with Crippen molar-refractivity contribution in [3.63, 3.8) is 0 Å². The maximum atomic E-state index is 11.5. The molecule has 1 unspecified atom stereocenters. The van der Waals surface area contributed by atoms with E-state index in [9.17, 15) is 9.59 Å². The van der Waals surface area contributed by atoms with Crippen molar-refractivity contribution in [3.8, 4) is 0 Å². The lowest BCUT2D eigenvalue weighted by Gasteiger charge is -2.10. The molecule has 0 radical (unpaired) electrons. The molecule has 14 heavy (non-hydrogen) atoms. The Morgan fingerprint density at radius 1 is 1.36 bits per heavy atom. The van der Waals surface area contributed by atoms with Crippen LogP contribution in [0.25, 0.3) is 0 Å². The van der Waals surface area contributed by atoms with Gasteiger partial charge in [0.2, 0.25) is 0 Å². The number of carbonyl (C=O) groups excluding carboxylic acids is 2. The topological polar surface area (TPSA) is 43.4 Å². The van der Waals surface area contributed by atoms with Crippen molar-refractivity contribution in [2.24, 2.45) is 5.92 Å². The molecule has 0 aliphatic carbocycles. The summed E-state index contributed by atoms with van der Waals surface area (Å²) in [7, 11) is 1.32. The predicted molar refractivity (Wildman–Crippen MR) is 58.4 cm³/mol. The summed E-state index contributed by atoms with van der Waals surface area (Å²) in [5.74, 6) is 0.391. The lowest BCUT2D eigenvalue weighted by molar-refractivity contribution is -0.148. The van der Waals surface area contributed by atoms with Crippen molar-refractivity contribution in [1.29, 1.82) is 0 Å². The summed E-state index contributed by atoms with van der Waals surface area (Å²) in [6, 6.07) is 0. The molecule has 0 spiro atoms. The van der Waals surface area contributed by atoms with Gasteiger partial charge in [-0.1, -0.05) is 13.8 Å². The van der Waals surface area contributed by atoms with Crippen LogP contribution in [0.2, 0.25) is 0 Å². The minimum atomic E-state index is -0.565. The van der Waals surface area contributed by atoms with E-state index in [2.05, 4.69) is 11.7 Å². The Balaban J connectivity index is 3.98. The van der Waals surface area contributed by atoms with E-state index in [1.54, 1.807) is 11.8 Å². The number of rotatable bonds is 7. The van der Waals surface area contributed by atoms with Gasteiger partial charge in [-0.15, -0.1) is 0 Å². The van der Waals surface area contributed by atoms with Crippen LogP contribution in [-0.2, 0) is 14.3 Å². The van der Waals surface area contributed by atoms with Gasteiger partial charge in [0.05, 0.1) is 12.9 Å². The van der Waals surface area contributed by atoms with Crippen LogP contribution in [-0.4, -0.2) is 30.4 Å². The number of thioether (sulfide) groups is 1. The van der Waals surface area contributed by atoms with Gasteiger partial charge < -0.3 is 4.74 Å². The first-order chi connectivity index (χ1) is 6.67. The van der Waals surface area contributed by atoms with Crippen LogP contribution in [0.15, 0.2) is 0 Å². The first-order valence-corrected chi connectivity index (χ1v) is 6.01. The standard InChI is InChI=1S/C10H18O3S/c1-4-6-14-7-9(11)8(5-2)10(12)13-3/h8H,4-7H2,1-3H3. The molecule has 1 atom stereocenters. The van der Waals surface area contributed by atoms with Gasteiger partial charge in [0.15, 0.2) is 5.78 Å². The minimum absolute atomic E-state index is 0.0159. The highest BCUT2D eigenvalue weighted by atomic mass is 32.2. The third kappa shape index (κ3) is 4.65. The second kappa shape index (κ2) is 7.85. The lowest BCUT2D eigenvalue weighted by atomic mass is 10.0. The summed E-state index contributed by atoms with van der Waals surface area (Å²) in [5.41, 5.74) is 0. The molecule has 0 amide bonds. The number of ketones is 1. The lowest BCUT2D eigenvalue weighted by Crippen LogP contribution is -2.26. The highest BCUT2D eigenvalue weighted by Crippen LogP contribution is 2.11. The summed E-state index contributed by atoms with van der Waals surface area (Å²) in [5, 5.41) is 0. The normalized spacial score (nSPS) is 12.2. The molecule has 0 bridgehead atoms. The van der Waals surface area contributed by atoms with Crippen LogP contribution in [0.1, 0.15) is 26.7 Å². The zero-order valence-corrected chi connectivity index (χ0v) is 9.86. The molecule has 0 saturated carbocycles. The van der Waals surface area contributed by atoms with E-state index in [-0.39, 0.29) is 5.78 Å². The smallest absolute Gasteiger partial charge is 0.316 e. The van der Waals surface area contributed by atoms with E-state index >= 15 is 0 Å². The Kier molecular flexibility index (Phi) is 7.57. The van der Waals surface area contributed by atoms with Crippen molar-refractivity contribution < 1.29 is 14.3 Å². The van der Waals surface area contributed by atoms with Crippen LogP contribution in [0.3, 0.4) is 0 Å². The van der Waals surface area contributed by atoms with Crippen LogP contribution in [0.4, 0.5) is 0 Å². The summed E-state index contributed by atoms with van der Waals surface area (Å²) in [6.45, 7) is 3.89.